The van der Waals surface area contributed by atoms with E-state index < -0.39 is 0 Å². The van der Waals surface area contributed by atoms with Crippen molar-refractivity contribution in [2.75, 3.05) is 27.4 Å². The van der Waals surface area contributed by atoms with Crippen LogP contribution in [0.1, 0.15) is 16.8 Å². The summed E-state index contributed by atoms with van der Waals surface area (Å²) >= 11 is 0. The molecule has 0 spiro atoms. The van der Waals surface area contributed by atoms with Crippen LogP contribution in [-0.2, 0) is 4.74 Å². The monoisotopic (exact) mass is 268 g/mol. The van der Waals surface area contributed by atoms with Gasteiger partial charge in [-0.2, -0.15) is 0 Å². The molecule has 106 valence electrons. The van der Waals surface area contributed by atoms with Crippen LogP contribution in [0, 0.1) is 0 Å². The first-order valence-electron chi connectivity index (χ1n) is 5.98. The highest BCUT2D eigenvalue weighted by Crippen LogP contribution is 2.23. The number of carbonyl (C=O) groups excluding carboxylic acids is 1. The van der Waals surface area contributed by atoms with Crippen LogP contribution in [0.5, 0.6) is 11.5 Å². The lowest BCUT2D eigenvalue weighted by Gasteiger charge is -2.11. The second-order valence-electron chi connectivity index (χ2n) is 4.14. The zero-order valence-corrected chi connectivity index (χ0v) is 11.2. The number of methoxy groups -OCH3 is 2. The number of hydrogen-bond acceptors (Lipinski definition) is 5. The fourth-order valence-corrected chi connectivity index (χ4v) is 1.59. The lowest BCUT2D eigenvalue weighted by atomic mass is 10.1. The normalized spacial score (nSPS) is 11.9. The minimum absolute atomic E-state index is 0.113. The zero-order chi connectivity index (χ0) is 14.3. The lowest BCUT2D eigenvalue weighted by molar-refractivity contribution is 0.0947. The van der Waals surface area contributed by atoms with Crippen molar-refractivity contribution in [2.24, 2.45) is 5.73 Å². The van der Waals surface area contributed by atoms with Gasteiger partial charge in [-0.05, 0) is 18.6 Å². The summed E-state index contributed by atoms with van der Waals surface area (Å²) in [6, 6.07) is 4.41. The van der Waals surface area contributed by atoms with Crippen LogP contribution >= 0.6 is 0 Å². The van der Waals surface area contributed by atoms with E-state index in [0.29, 0.717) is 25.3 Å². The molecule has 0 saturated heterocycles. The highest BCUT2D eigenvalue weighted by atomic mass is 16.5. The molecule has 0 saturated carbocycles. The van der Waals surface area contributed by atoms with Gasteiger partial charge in [0.2, 0.25) is 0 Å². The third-order valence-corrected chi connectivity index (χ3v) is 2.63. The van der Waals surface area contributed by atoms with Crippen molar-refractivity contribution in [2.45, 2.75) is 12.5 Å². The van der Waals surface area contributed by atoms with Gasteiger partial charge in [0.1, 0.15) is 11.5 Å². The van der Waals surface area contributed by atoms with Crippen molar-refractivity contribution >= 4 is 5.91 Å². The van der Waals surface area contributed by atoms with Gasteiger partial charge in [0, 0.05) is 25.8 Å². The molecular weight excluding hydrogens is 248 g/mol. The van der Waals surface area contributed by atoms with E-state index in [0.717, 1.165) is 0 Å². The topological polar surface area (TPSA) is 93.8 Å². The molecule has 4 N–H and O–H groups in total. The Hall–Kier alpha value is -1.79. The molecule has 1 aromatic carbocycles. The smallest absolute Gasteiger partial charge is 0.255 e. The van der Waals surface area contributed by atoms with Crippen LogP contribution in [-0.4, -0.2) is 44.4 Å². The number of benzene rings is 1. The summed E-state index contributed by atoms with van der Waals surface area (Å²) in [5.41, 5.74) is 5.94. The number of nitrogens with one attached hydrogen (secondary N) is 1. The standard InChI is InChI=1S/C13H20N2O4/c1-18-8-9(14)5-6-15-13(17)11-4-3-10(19-2)7-12(11)16/h3-4,7,9,16H,5-6,8,14H2,1-2H3,(H,15,17). The second-order valence-corrected chi connectivity index (χ2v) is 4.14. The molecule has 1 unspecified atom stereocenters. The third kappa shape index (κ3) is 4.76. The van der Waals surface area contributed by atoms with Gasteiger partial charge in [0.15, 0.2) is 0 Å². The summed E-state index contributed by atoms with van der Waals surface area (Å²) < 4.78 is 9.85. The molecule has 0 aromatic heterocycles. The molecule has 0 radical (unpaired) electrons. The van der Waals surface area contributed by atoms with Gasteiger partial charge in [0.25, 0.3) is 5.91 Å². The molecular formula is C13H20N2O4. The Labute approximate surface area is 112 Å². The quantitative estimate of drug-likeness (QED) is 0.669. The number of ether oxygens (including phenoxy) is 2. The average Bonchev–Trinajstić information content (AvgIpc) is 2.38. The molecule has 1 aromatic rings. The van der Waals surface area contributed by atoms with Crippen molar-refractivity contribution in [1.29, 1.82) is 0 Å². The van der Waals surface area contributed by atoms with Crippen LogP contribution < -0.4 is 15.8 Å². The van der Waals surface area contributed by atoms with Crippen molar-refractivity contribution < 1.29 is 19.4 Å². The Balaban J connectivity index is 2.50. The predicted molar refractivity (Wildman–Crippen MR) is 71.5 cm³/mol. The molecule has 0 aliphatic heterocycles. The Kier molecular flexibility index (Phi) is 6.11. The third-order valence-electron chi connectivity index (χ3n) is 2.63. The summed E-state index contributed by atoms with van der Waals surface area (Å²) in [5.74, 6) is 0.0407. The Morgan fingerprint density at radius 1 is 1.47 bits per heavy atom. The van der Waals surface area contributed by atoms with Crippen molar-refractivity contribution in [3.63, 3.8) is 0 Å². The Bertz CT molecular complexity index is 423. The molecule has 0 fully saturated rings. The highest BCUT2D eigenvalue weighted by molar-refractivity contribution is 5.96. The van der Waals surface area contributed by atoms with E-state index in [1.54, 1.807) is 13.2 Å². The van der Waals surface area contributed by atoms with E-state index in [-0.39, 0.29) is 23.3 Å². The maximum atomic E-state index is 11.8. The lowest BCUT2D eigenvalue weighted by Crippen LogP contribution is -2.32. The van der Waals surface area contributed by atoms with Crippen molar-refractivity contribution in [3.05, 3.63) is 23.8 Å². The molecule has 1 amide bonds. The molecule has 0 bridgehead atoms. The Morgan fingerprint density at radius 3 is 2.79 bits per heavy atom. The molecule has 1 atom stereocenters. The fraction of sp³-hybridized carbons (Fsp3) is 0.462. The number of nitrogens with two attached hydrogens (primary N) is 1. The molecule has 6 nitrogen and oxygen atoms in total. The van der Waals surface area contributed by atoms with Gasteiger partial charge in [-0.1, -0.05) is 0 Å². The number of phenolic OH excluding ortho intramolecular Hbond substituents is 1. The van der Waals surface area contributed by atoms with Gasteiger partial charge in [-0.3, -0.25) is 4.79 Å². The minimum atomic E-state index is -0.343. The number of amides is 1. The predicted octanol–water partition coefficient (Wildman–Crippen LogP) is 0.494. The van der Waals surface area contributed by atoms with E-state index in [1.807, 2.05) is 0 Å². The molecule has 1 rings (SSSR count). The van der Waals surface area contributed by atoms with Crippen molar-refractivity contribution in [1.82, 2.24) is 5.32 Å². The number of phenols is 1. The summed E-state index contributed by atoms with van der Waals surface area (Å²) in [6.07, 6.45) is 0.608. The first-order valence-corrected chi connectivity index (χ1v) is 5.98. The maximum Gasteiger partial charge on any atom is 0.255 e. The molecule has 0 aliphatic carbocycles. The van der Waals surface area contributed by atoms with E-state index in [1.165, 1.54) is 19.2 Å². The first-order chi connectivity index (χ1) is 9.08. The Morgan fingerprint density at radius 2 is 2.21 bits per heavy atom. The number of hydrogen-bond donors (Lipinski definition) is 3. The molecule has 6 heteroatoms. The van der Waals surface area contributed by atoms with E-state index >= 15 is 0 Å². The van der Waals surface area contributed by atoms with Crippen LogP contribution in [0.2, 0.25) is 0 Å². The van der Waals surface area contributed by atoms with Gasteiger partial charge in [-0.25, -0.2) is 0 Å². The SMILES string of the molecule is COCC(N)CCNC(=O)c1ccc(OC)cc1O. The largest absolute Gasteiger partial charge is 0.507 e. The maximum absolute atomic E-state index is 11.8. The van der Waals surface area contributed by atoms with Gasteiger partial charge in [-0.15, -0.1) is 0 Å². The van der Waals surface area contributed by atoms with Crippen LogP contribution in [0.3, 0.4) is 0 Å². The van der Waals surface area contributed by atoms with Gasteiger partial charge >= 0.3 is 0 Å². The van der Waals surface area contributed by atoms with Crippen LogP contribution in [0.4, 0.5) is 0 Å². The number of aromatic hydroxyl groups is 1. The number of rotatable bonds is 7. The zero-order valence-electron chi connectivity index (χ0n) is 11.2. The van der Waals surface area contributed by atoms with E-state index in [4.69, 9.17) is 15.2 Å². The van der Waals surface area contributed by atoms with Crippen LogP contribution in [0.25, 0.3) is 0 Å². The van der Waals surface area contributed by atoms with Gasteiger partial charge in [0.05, 0.1) is 19.3 Å². The summed E-state index contributed by atoms with van der Waals surface area (Å²) in [6.45, 7) is 0.873. The van der Waals surface area contributed by atoms with Crippen molar-refractivity contribution in [3.8, 4) is 11.5 Å². The van der Waals surface area contributed by atoms with E-state index in [9.17, 15) is 9.90 Å². The molecule has 19 heavy (non-hydrogen) atoms. The second kappa shape index (κ2) is 7.60. The average molecular weight is 268 g/mol. The minimum Gasteiger partial charge on any atom is -0.507 e. The summed E-state index contributed by atoms with van der Waals surface area (Å²) in [7, 11) is 3.07. The molecule has 0 aliphatic rings. The highest BCUT2D eigenvalue weighted by Gasteiger charge is 2.12. The van der Waals surface area contributed by atoms with E-state index in [2.05, 4.69) is 5.32 Å². The fourth-order valence-electron chi connectivity index (χ4n) is 1.59. The van der Waals surface area contributed by atoms with Crippen LogP contribution in [0.15, 0.2) is 18.2 Å². The molecule has 0 heterocycles. The van der Waals surface area contributed by atoms with Gasteiger partial charge < -0.3 is 25.6 Å². The summed E-state index contributed by atoms with van der Waals surface area (Å²) in [5, 5.41) is 12.4. The number of carbonyl (C=O) groups is 1. The summed E-state index contributed by atoms with van der Waals surface area (Å²) in [4.78, 5) is 11.8. The first kappa shape index (κ1) is 15.3.